The molecule has 0 fully saturated rings. The first-order valence-electron chi connectivity index (χ1n) is 13.7. The zero-order valence-electron chi connectivity index (χ0n) is 23.1. The first-order valence-corrected chi connectivity index (χ1v) is 13.7. The van der Waals surface area contributed by atoms with Gasteiger partial charge in [-0.15, -0.1) is 0 Å². The smallest absolute Gasteiger partial charge is 0.340 e. The Hall–Kier alpha value is -3.69. The van der Waals surface area contributed by atoms with Crippen LogP contribution >= 0.6 is 0 Å². The summed E-state index contributed by atoms with van der Waals surface area (Å²) in [5, 5.41) is 13.2. The minimum Gasteiger partial charge on any atom is -0.465 e. The van der Waals surface area contributed by atoms with Crippen molar-refractivity contribution in [2.75, 3.05) is 51.0 Å². The van der Waals surface area contributed by atoms with Crippen molar-refractivity contribution in [3.8, 4) is 0 Å². The summed E-state index contributed by atoms with van der Waals surface area (Å²) in [7, 11) is 3.46. The van der Waals surface area contributed by atoms with E-state index in [0.29, 0.717) is 17.2 Å². The SMILES string of the molecule is C=CC(=O)NC1C=C(C2=CCCC3CNC(Nc4ccc(NCCN(C)CC)cc4C(=O)OC)N=C23)C=CC1. The molecule has 0 saturated carbocycles. The summed E-state index contributed by atoms with van der Waals surface area (Å²) in [6, 6.07) is 5.59. The largest absolute Gasteiger partial charge is 0.465 e. The number of aliphatic imine (C=N–C) groups is 1. The van der Waals surface area contributed by atoms with Gasteiger partial charge in [-0.05, 0) is 68.3 Å². The summed E-state index contributed by atoms with van der Waals surface area (Å²) >= 11 is 0. The van der Waals surface area contributed by atoms with E-state index < -0.39 is 12.3 Å². The maximum Gasteiger partial charge on any atom is 0.340 e. The number of carbonyl (C=O) groups is 2. The van der Waals surface area contributed by atoms with Crippen molar-refractivity contribution in [2.24, 2.45) is 10.9 Å². The molecule has 0 spiro atoms. The number of likely N-dealkylation sites (N-methyl/N-ethyl adjacent to an activating group) is 1. The lowest BCUT2D eigenvalue weighted by atomic mass is 9.81. The average molecular weight is 533 g/mol. The molecule has 0 aromatic heterocycles. The molecule has 9 heteroatoms. The van der Waals surface area contributed by atoms with Crippen LogP contribution in [0.5, 0.6) is 0 Å². The van der Waals surface area contributed by atoms with E-state index in [1.165, 1.54) is 13.2 Å². The molecule has 1 aliphatic heterocycles. The van der Waals surface area contributed by atoms with Crippen LogP contribution in [0.2, 0.25) is 0 Å². The Labute approximate surface area is 231 Å². The molecule has 3 aliphatic rings. The van der Waals surface area contributed by atoms with Gasteiger partial charge in [0.25, 0.3) is 0 Å². The third-order valence-corrected chi connectivity index (χ3v) is 7.32. The molecule has 1 aromatic rings. The molecule has 39 heavy (non-hydrogen) atoms. The van der Waals surface area contributed by atoms with Crippen LogP contribution in [0, 0.1) is 5.92 Å². The Morgan fingerprint density at radius 1 is 1.33 bits per heavy atom. The number of benzene rings is 1. The Morgan fingerprint density at radius 2 is 2.18 bits per heavy atom. The van der Waals surface area contributed by atoms with E-state index in [9.17, 15) is 9.59 Å². The Balaban J connectivity index is 1.53. The predicted molar refractivity (Wildman–Crippen MR) is 157 cm³/mol. The van der Waals surface area contributed by atoms with Crippen LogP contribution in [-0.2, 0) is 9.53 Å². The number of allylic oxidation sites excluding steroid dienone is 4. The van der Waals surface area contributed by atoms with Crippen molar-refractivity contribution >= 4 is 29.0 Å². The van der Waals surface area contributed by atoms with Crippen LogP contribution in [0.25, 0.3) is 0 Å². The Bertz CT molecular complexity index is 1200. The second-order valence-corrected chi connectivity index (χ2v) is 10.0. The van der Waals surface area contributed by atoms with Crippen LogP contribution < -0.4 is 21.3 Å². The van der Waals surface area contributed by atoms with Crippen LogP contribution in [0.1, 0.15) is 36.5 Å². The Morgan fingerprint density at radius 3 is 2.95 bits per heavy atom. The van der Waals surface area contributed by atoms with Crippen molar-refractivity contribution in [3.05, 3.63) is 71.9 Å². The van der Waals surface area contributed by atoms with E-state index in [1.54, 1.807) is 0 Å². The molecule has 9 nitrogen and oxygen atoms in total. The minimum atomic E-state index is -0.406. The molecule has 1 heterocycles. The normalized spacial score (nSPS) is 22.2. The summed E-state index contributed by atoms with van der Waals surface area (Å²) in [5.74, 6) is -0.286. The van der Waals surface area contributed by atoms with Crippen molar-refractivity contribution < 1.29 is 14.3 Å². The third kappa shape index (κ3) is 7.25. The molecule has 0 radical (unpaired) electrons. The average Bonchev–Trinajstić information content (AvgIpc) is 2.97. The van der Waals surface area contributed by atoms with Crippen molar-refractivity contribution in [3.63, 3.8) is 0 Å². The minimum absolute atomic E-state index is 0.0786. The highest BCUT2D eigenvalue weighted by molar-refractivity contribution is 6.07. The number of ether oxygens (including phenoxy) is 1. The van der Waals surface area contributed by atoms with Gasteiger partial charge in [0, 0.05) is 31.2 Å². The third-order valence-electron chi connectivity index (χ3n) is 7.32. The fraction of sp³-hybridized carbons (Fsp3) is 0.433. The molecule has 208 valence electrons. The van der Waals surface area contributed by atoms with Gasteiger partial charge in [-0.1, -0.05) is 37.8 Å². The number of methoxy groups -OCH3 is 1. The summed E-state index contributed by atoms with van der Waals surface area (Å²) in [6.07, 6.45) is 12.2. The van der Waals surface area contributed by atoms with Gasteiger partial charge in [0.2, 0.25) is 5.91 Å². The fourth-order valence-electron chi connectivity index (χ4n) is 5.01. The first-order chi connectivity index (χ1) is 18.9. The lowest BCUT2D eigenvalue weighted by Gasteiger charge is -2.34. The van der Waals surface area contributed by atoms with Crippen LogP contribution in [0.15, 0.2) is 71.3 Å². The lowest BCUT2D eigenvalue weighted by Crippen LogP contribution is -2.46. The number of fused-ring (bicyclic) bond motifs is 1. The molecule has 1 amide bonds. The molecule has 1 aromatic carbocycles. The molecular formula is C30H40N6O3. The summed E-state index contributed by atoms with van der Waals surface area (Å²) < 4.78 is 5.08. The number of carbonyl (C=O) groups excluding carboxylic acids is 2. The van der Waals surface area contributed by atoms with Crippen LogP contribution in [-0.4, -0.2) is 75.2 Å². The van der Waals surface area contributed by atoms with Crippen molar-refractivity contribution in [1.82, 2.24) is 15.5 Å². The number of nitrogens with zero attached hydrogens (tertiary/aromatic N) is 2. The number of hydrogen-bond donors (Lipinski definition) is 4. The van der Waals surface area contributed by atoms with Gasteiger partial charge in [-0.25, -0.2) is 9.79 Å². The summed E-state index contributed by atoms with van der Waals surface area (Å²) in [6.45, 7) is 9.10. The number of nitrogens with one attached hydrogen (secondary N) is 4. The first kappa shape index (κ1) is 28.3. The standard InChI is InChI=1S/C30H40N6O3/c1-5-27(37)33-23-11-7-9-20(17-23)24-12-8-10-21-19-32-30(35-28(21)24)34-26-14-13-22(18-25(26)29(38)39-4)31-15-16-36(3)6-2/h5,7,9,12-14,17-18,21,23,30-32,34H,1,6,8,10-11,15-16,19H2,2-4H3,(H,33,37). The molecule has 4 N–H and O–H groups in total. The van der Waals surface area contributed by atoms with Gasteiger partial charge in [0.15, 0.2) is 6.29 Å². The monoisotopic (exact) mass is 532 g/mol. The molecule has 4 rings (SSSR count). The van der Waals surface area contributed by atoms with Gasteiger partial charge < -0.3 is 25.6 Å². The highest BCUT2D eigenvalue weighted by Gasteiger charge is 2.31. The van der Waals surface area contributed by atoms with Gasteiger partial charge in [0.05, 0.1) is 30.1 Å². The molecule has 3 unspecified atom stereocenters. The van der Waals surface area contributed by atoms with E-state index in [4.69, 9.17) is 9.73 Å². The zero-order valence-corrected chi connectivity index (χ0v) is 23.1. The lowest BCUT2D eigenvalue weighted by molar-refractivity contribution is -0.116. The number of rotatable bonds is 11. The predicted octanol–water partition coefficient (Wildman–Crippen LogP) is 3.47. The number of hydrogen-bond acceptors (Lipinski definition) is 8. The van der Waals surface area contributed by atoms with Crippen molar-refractivity contribution in [2.45, 2.75) is 38.5 Å². The van der Waals surface area contributed by atoms with E-state index >= 15 is 0 Å². The highest BCUT2D eigenvalue weighted by atomic mass is 16.5. The fourth-order valence-corrected chi connectivity index (χ4v) is 5.01. The topological polar surface area (TPSA) is 107 Å². The van der Waals surface area contributed by atoms with Gasteiger partial charge in [-0.2, -0.15) is 0 Å². The maximum absolute atomic E-state index is 12.7. The second-order valence-electron chi connectivity index (χ2n) is 10.0. The van der Waals surface area contributed by atoms with Crippen LogP contribution in [0.4, 0.5) is 11.4 Å². The van der Waals surface area contributed by atoms with Gasteiger partial charge in [0.1, 0.15) is 0 Å². The molecule has 2 aliphatic carbocycles. The van der Waals surface area contributed by atoms with E-state index in [2.05, 4.69) is 71.0 Å². The van der Waals surface area contributed by atoms with E-state index in [1.807, 2.05) is 18.2 Å². The summed E-state index contributed by atoms with van der Waals surface area (Å²) in [5.41, 5.74) is 5.19. The number of amides is 1. The van der Waals surface area contributed by atoms with E-state index in [0.717, 1.165) is 68.0 Å². The number of esters is 1. The quantitative estimate of drug-likeness (QED) is 0.255. The Kier molecular flexibility index (Phi) is 9.73. The molecular weight excluding hydrogens is 492 g/mol. The van der Waals surface area contributed by atoms with Crippen molar-refractivity contribution in [1.29, 1.82) is 0 Å². The summed E-state index contributed by atoms with van der Waals surface area (Å²) in [4.78, 5) is 31.8. The van der Waals surface area contributed by atoms with Gasteiger partial charge >= 0.3 is 5.97 Å². The molecule has 0 bridgehead atoms. The molecule has 3 atom stereocenters. The number of anilines is 2. The zero-order chi connectivity index (χ0) is 27.8. The van der Waals surface area contributed by atoms with Gasteiger partial charge in [-0.3, -0.25) is 10.1 Å². The maximum atomic E-state index is 12.7. The molecule has 0 saturated heterocycles. The second kappa shape index (κ2) is 13.4. The van der Waals surface area contributed by atoms with E-state index in [-0.39, 0.29) is 11.9 Å². The van der Waals surface area contributed by atoms with Crippen LogP contribution in [0.3, 0.4) is 0 Å². The highest BCUT2D eigenvalue weighted by Crippen LogP contribution is 2.32.